The number of carbonyl (C=O) groups is 1. The lowest BCUT2D eigenvalue weighted by Gasteiger charge is -2.11. The van der Waals surface area contributed by atoms with Gasteiger partial charge in [-0.05, 0) is 23.8 Å². The second-order valence-electron chi connectivity index (χ2n) is 3.85. The van der Waals surface area contributed by atoms with Gasteiger partial charge in [0.05, 0.1) is 4.90 Å². The maximum Gasteiger partial charge on any atom is 0.243 e. The van der Waals surface area contributed by atoms with E-state index < -0.39 is 10.0 Å². The molecule has 0 aromatic heterocycles. The molecule has 98 valence electrons. The Kier molecular flexibility index (Phi) is 4.63. The zero-order valence-electron chi connectivity index (χ0n) is 10.4. The lowest BCUT2D eigenvalue weighted by molar-refractivity contribution is -0.116. The zero-order chi connectivity index (χ0) is 13.8. The molecule has 1 amide bonds. The van der Waals surface area contributed by atoms with Gasteiger partial charge in [-0.15, -0.1) is 0 Å². The molecule has 0 aliphatic carbocycles. The number of hydrogen-bond donors (Lipinski definition) is 1. The Hall–Kier alpha value is -1.66. The SMILES string of the molecule is C=CC(=O)NCc1ccc(S(=O)(=O)N(C)C)cc1. The lowest BCUT2D eigenvalue weighted by Crippen LogP contribution is -2.22. The summed E-state index contributed by atoms with van der Waals surface area (Å²) >= 11 is 0. The first kappa shape index (κ1) is 14.4. The number of nitrogens with one attached hydrogen (secondary N) is 1. The first-order valence-electron chi connectivity index (χ1n) is 5.29. The quantitative estimate of drug-likeness (QED) is 0.801. The molecule has 0 heterocycles. The van der Waals surface area contributed by atoms with Crippen LogP contribution >= 0.6 is 0 Å². The van der Waals surface area contributed by atoms with Gasteiger partial charge in [0.25, 0.3) is 0 Å². The summed E-state index contributed by atoms with van der Waals surface area (Å²) in [5, 5.41) is 2.61. The monoisotopic (exact) mass is 268 g/mol. The van der Waals surface area contributed by atoms with Crippen LogP contribution in [-0.2, 0) is 21.4 Å². The Balaban J connectivity index is 2.81. The number of rotatable bonds is 5. The molecule has 0 radical (unpaired) electrons. The summed E-state index contributed by atoms with van der Waals surface area (Å²) in [5.74, 6) is -0.264. The number of amides is 1. The normalized spacial score (nSPS) is 11.3. The van der Waals surface area contributed by atoms with Crippen LogP contribution in [0.2, 0.25) is 0 Å². The predicted molar refractivity (Wildman–Crippen MR) is 69.4 cm³/mol. The van der Waals surface area contributed by atoms with Gasteiger partial charge >= 0.3 is 0 Å². The standard InChI is InChI=1S/C12H16N2O3S/c1-4-12(15)13-9-10-5-7-11(8-6-10)18(16,17)14(2)3/h4-8H,1,9H2,2-3H3,(H,13,15). The zero-order valence-corrected chi connectivity index (χ0v) is 11.2. The number of carbonyl (C=O) groups excluding carboxylic acids is 1. The minimum absolute atomic E-state index is 0.228. The molecule has 1 rings (SSSR count). The number of benzene rings is 1. The smallest absolute Gasteiger partial charge is 0.243 e. The summed E-state index contributed by atoms with van der Waals surface area (Å²) in [4.78, 5) is 11.2. The molecular weight excluding hydrogens is 252 g/mol. The number of hydrogen-bond acceptors (Lipinski definition) is 3. The molecule has 1 N–H and O–H groups in total. The Labute approximate surface area is 107 Å². The van der Waals surface area contributed by atoms with Crippen molar-refractivity contribution in [2.75, 3.05) is 14.1 Å². The maximum atomic E-state index is 11.8. The van der Waals surface area contributed by atoms with Crippen molar-refractivity contribution < 1.29 is 13.2 Å². The second kappa shape index (κ2) is 5.79. The third kappa shape index (κ3) is 3.41. The van der Waals surface area contributed by atoms with Gasteiger partial charge in [0.15, 0.2) is 0 Å². The van der Waals surface area contributed by atoms with Gasteiger partial charge in [0, 0.05) is 20.6 Å². The molecule has 6 heteroatoms. The van der Waals surface area contributed by atoms with Crippen molar-refractivity contribution in [3.05, 3.63) is 42.5 Å². The van der Waals surface area contributed by atoms with Crippen LogP contribution in [-0.4, -0.2) is 32.7 Å². The van der Waals surface area contributed by atoms with Crippen molar-refractivity contribution in [1.29, 1.82) is 0 Å². The first-order chi connectivity index (χ1) is 8.37. The molecule has 1 aromatic carbocycles. The van der Waals surface area contributed by atoms with Gasteiger partial charge in [-0.25, -0.2) is 12.7 Å². The Bertz CT molecular complexity index is 533. The third-order valence-corrected chi connectivity index (χ3v) is 4.18. The van der Waals surface area contributed by atoms with Crippen LogP contribution in [0, 0.1) is 0 Å². The van der Waals surface area contributed by atoms with Crippen molar-refractivity contribution >= 4 is 15.9 Å². The predicted octanol–water partition coefficient (Wildman–Crippen LogP) is 0.739. The van der Waals surface area contributed by atoms with Gasteiger partial charge in [0.1, 0.15) is 0 Å². The van der Waals surface area contributed by atoms with Gasteiger partial charge < -0.3 is 5.32 Å². The molecule has 0 fully saturated rings. The molecule has 1 aromatic rings. The third-order valence-electron chi connectivity index (χ3n) is 2.35. The molecule has 0 unspecified atom stereocenters. The Morgan fingerprint density at radius 2 is 1.89 bits per heavy atom. The average molecular weight is 268 g/mol. The highest BCUT2D eigenvalue weighted by Gasteiger charge is 2.16. The number of nitrogens with zero attached hydrogens (tertiary/aromatic N) is 1. The van der Waals surface area contributed by atoms with E-state index in [1.807, 2.05) is 0 Å². The van der Waals surface area contributed by atoms with Crippen LogP contribution in [0.5, 0.6) is 0 Å². The Morgan fingerprint density at radius 3 is 2.33 bits per heavy atom. The van der Waals surface area contributed by atoms with Crippen LogP contribution in [0.4, 0.5) is 0 Å². The first-order valence-corrected chi connectivity index (χ1v) is 6.73. The fourth-order valence-corrected chi connectivity index (χ4v) is 2.15. The number of sulfonamides is 1. The summed E-state index contributed by atoms with van der Waals surface area (Å²) in [6, 6.07) is 6.37. The summed E-state index contributed by atoms with van der Waals surface area (Å²) in [6.45, 7) is 3.68. The molecule has 0 aliphatic heterocycles. The van der Waals surface area contributed by atoms with E-state index in [0.29, 0.717) is 6.54 Å². The van der Waals surface area contributed by atoms with Crippen molar-refractivity contribution in [3.8, 4) is 0 Å². The highest BCUT2D eigenvalue weighted by atomic mass is 32.2. The minimum atomic E-state index is -3.40. The van der Waals surface area contributed by atoms with Crippen molar-refractivity contribution in [3.63, 3.8) is 0 Å². The van der Waals surface area contributed by atoms with E-state index in [9.17, 15) is 13.2 Å². The van der Waals surface area contributed by atoms with E-state index >= 15 is 0 Å². The fourth-order valence-electron chi connectivity index (χ4n) is 1.25. The molecule has 0 saturated heterocycles. The van der Waals surface area contributed by atoms with Gasteiger partial charge in [-0.1, -0.05) is 18.7 Å². The topological polar surface area (TPSA) is 66.5 Å². The van der Waals surface area contributed by atoms with Gasteiger partial charge in [0.2, 0.25) is 15.9 Å². The van der Waals surface area contributed by atoms with E-state index in [1.165, 1.54) is 32.3 Å². The molecule has 0 aliphatic rings. The molecule has 5 nitrogen and oxygen atoms in total. The van der Waals surface area contributed by atoms with Crippen LogP contribution in [0.15, 0.2) is 41.8 Å². The average Bonchev–Trinajstić information content (AvgIpc) is 2.36. The fraction of sp³-hybridized carbons (Fsp3) is 0.250. The summed E-state index contributed by atoms with van der Waals surface area (Å²) in [7, 11) is -0.440. The second-order valence-corrected chi connectivity index (χ2v) is 6.01. The molecule has 18 heavy (non-hydrogen) atoms. The molecule has 0 atom stereocenters. The lowest BCUT2D eigenvalue weighted by atomic mass is 10.2. The van der Waals surface area contributed by atoms with E-state index in [0.717, 1.165) is 9.87 Å². The van der Waals surface area contributed by atoms with E-state index in [1.54, 1.807) is 12.1 Å². The van der Waals surface area contributed by atoms with Crippen molar-refractivity contribution in [2.45, 2.75) is 11.4 Å². The molecule has 0 bridgehead atoms. The van der Waals surface area contributed by atoms with E-state index in [2.05, 4.69) is 11.9 Å². The van der Waals surface area contributed by atoms with Crippen LogP contribution in [0.1, 0.15) is 5.56 Å². The highest BCUT2D eigenvalue weighted by Crippen LogP contribution is 2.13. The van der Waals surface area contributed by atoms with Gasteiger partial charge in [-0.3, -0.25) is 4.79 Å². The van der Waals surface area contributed by atoms with Crippen LogP contribution in [0.25, 0.3) is 0 Å². The van der Waals surface area contributed by atoms with Crippen molar-refractivity contribution in [2.24, 2.45) is 0 Å². The summed E-state index contributed by atoms with van der Waals surface area (Å²) in [5.41, 5.74) is 0.822. The van der Waals surface area contributed by atoms with Crippen molar-refractivity contribution in [1.82, 2.24) is 9.62 Å². The summed E-state index contributed by atoms with van der Waals surface area (Å²) < 4.78 is 24.8. The minimum Gasteiger partial charge on any atom is -0.348 e. The van der Waals surface area contributed by atoms with Gasteiger partial charge in [-0.2, -0.15) is 0 Å². The largest absolute Gasteiger partial charge is 0.348 e. The molecule has 0 saturated carbocycles. The highest BCUT2D eigenvalue weighted by molar-refractivity contribution is 7.89. The van der Waals surface area contributed by atoms with E-state index in [4.69, 9.17) is 0 Å². The molecule has 0 spiro atoms. The van der Waals surface area contributed by atoms with Crippen LogP contribution < -0.4 is 5.32 Å². The van der Waals surface area contributed by atoms with Crippen LogP contribution in [0.3, 0.4) is 0 Å². The van der Waals surface area contributed by atoms with E-state index in [-0.39, 0.29) is 10.8 Å². The Morgan fingerprint density at radius 1 is 1.33 bits per heavy atom. The molecular formula is C12H16N2O3S. The maximum absolute atomic E-state index is 11.8. The summed E-state index contributed by atoms with van der Waals surface area (Å²) in [6.07, 6.45) is 1.19.